The van der Waals surface area contributed by atoms with Crippen LogP contribution < -0.4 is 0 Å². The molecule has 1 saturated heterocycles. The number of esters is 1. The van der Waals surface area contributed by atoms with Crippen molar-refractivity contribution < 1.29 is 19.4 Å². The van der Waals surface area contributed by atoms with Crippen molar-refractivity contribution in [3.05, 3.63) is 77.4 Å². The van der Waals surface area contributed by atoms with Gasteiger partial charge in [-0.25, -0.2) is 4.79 Å². The summed E-state index contributed by atoms with van der Waals surface area (Å²) in [7, 11) is 0. The van der Waals surface area contributed by atoms with Gasteiger partial charge in [-0.05, 0) is 5.56 Å². The van der Waals surface area contributed by atoms with Gasteiger partial charge in [0.05, 0.1) is 5.57 Å². The average molecular weight is 280 g/mol. The van der Waals surface area contributed by atoms with Crippen LogP contribution in [-0.2, 0) is 14.3 Å². The molecule has 21 heavy (non-hydrogen) atoms. The van der Waals surface area contributed by atoms with Crippen molar-refractivity contribution in [1.82, 2.24) is 0 Å². The molecule has 0 aromatic heterocycles. The zero-order chi connectivity index (χ0) is 14.8. The van der Waals surface area contributed by atoms with Gasteiger partial charge in [0, 0.05) is 5.56 Å². The summed E-state index contributed by atoms with van der Waals surface area (Å²) in [5.41, 5.74) is 1.10. The first-order valence-corrected chi connectivity index (χ1v) is 6.47. The number of carbonyl (C=O) groups is 2. The molecule has 0 saturated carbocycles. The van der Waals surface area contributed by atoms with Gasteiger partial charge in [0.2, 0.25) is 0 Å². The maximum absolute atomic E-state index is 12.0. The molecule has 104 valence electrons. The van der Waals surface area contributed by atoms with E-state index in [1.807, 2.05) is 6.07 Å². The van der Waals surface area contributed by atoms with Crippen LogP contribution in [0, 0.1) is 0 Å². The van der Waals surface area contributed by atoms with Crippen molar-refractivity contribution in [1.29, 1.82) is 0 Å². The predicted octanol–water partition coefficient (Wildman–Crippen LogP) is 2.82. The number of ketones is 1. The zero-order valence-corrected chi connectivity index (χ0v) is 11.0. The molecule has 0 bridgehead atoms. The lowest BCUT2D eigenvalue weighted by molar-refractivity contribution is -0.149. The van der Waals surface area contributed by atoms with Crippen molar-refractivity contribution >= 4 is 17.5 Å². The van der Waals surface area contributed by atoms with Crippen LogP contribution in [0.15, 0.2) is 66.2 Å². The Bertz CT molecular complexity index is 717. The normalized spacial score (nSPS) is 20.3. The number of benzene rings is 2. The first-order valence-electron chi connectivity index (χ1n) is 6.47. The summed E-state index contributed by atoms with van der Waals surface area (Å²) in [6.45, 7) is 0. The summed E-state index contributed by atoms with van der Waals surface area (Å²) < 4.78 is 5.11. The van der Waals surface area contributed by atoms with E-state index in [1.165, 1.54) is 0 Å². The van der Waals surface area contributed by atoms with E-state index in [0.717, 1.165) is 0 Å². The Morgan fingerprint density at radius 2 is 1.48 bits per heavy atom. The number of aliphatic hydroxyl groups excluding tert-OH is 1. The van der Waals surface area contributed by atoms with Crippen LogP contribution >= 0.6 is 0 Å². The molecule has 1 aliphatic heterocycles. The molecule has 0 spiro atoms. The smallest absolute Gasteiger partial charge is 0.380 e. The van der Waals surface area contributed by atoms with Crippen LogP contribution in [0.2, 0.25) is 0 Å². The maximum atomic E-state index is 12.0. The minimum Gasteiger partial charge on any atom is -0.507 e. The van der Waals surface area contributed by atoms with Gasteiger partial charge in [-0.1, -0.05) is 60.7 Å². The van der Waals surface area contributed by atoms with E-state index >= 15 is 0 Å². The summed E-state index contributed by atoms with van der Waals surface area (Å²) in [6.07, 6.45) is -0.869. The average Bonchev–Trinajstić information content (AvgIpc) is 2.84. The molecule has 4 nitrogen and oxygen atoms in total. The van der Waals surface area contributed by atoms with Gasteiger partial charge in [0.15, 0.2) is 6.10 Å². The molecular formula is C17H12O4. The number of ether oxygens (including phenoxy) is 1. The number of hydrogen-bond donors (Lipinski definition) is 1. The Morgan fingerprint density at radius 3 is 2.10 bits per heavy atom. The van der Waals surface area contributed by atoms with E-state index in [4.69, 9.17) is 4.74 Å². The highest BCUT2D eigenvalue weighted by Gasteiger charge is 2.42. The van der Waals surface area contributed by atoms with Crippen molar-refractivity contribution in [2.24, 2.45) is 0 Å². The first kappa shape index (κ1) is 13.1. The molecule has 1 N–H and O–H groups in total. The van der Waals surface area contributed by atoms with Gasteiger partial charge in [-0.3, -0.25) is 4.79 Å². The van der Waals surface area contributed by atoms with Gasteiger partial charge in [-0.2, -0.15) is 0 Å². The Morgan fingerprint density at radius 1 is 0.905 bits per heavy atom. The lowest BCUT2D eigenvalue weighted by Gasteiger charge is -2.12. The van der Waals surface area contributed by atoms with Gasteiger partial charge >= 0.3 is 5.97 Å². The van der Waals surface area contributed by atoms with Gasteiger partial charge in [0.25, 0.3) is 5.78 Å². The maximum Gasteiger partial charge on any atom is 0.380 e. The molecule has 0 aliphatic carbocycles. The van der Waals surface area contributed by atoms with Gasteiger partial charge in [-0.15, -0.1) is 0 Å². The minimum absolute atomic E-state index is 0.0163. The van der Waals surface area contributed by atoms with Crippen molar-refractivity contribution in [3.8, 4) is 0 Å². The fourth-order valence-corrected chi connectivity index (χ4v) is 2.29. The molecule has 1 atom stereocenters. The van der Waals surface area contributed by atoms with Crippen LogP contribution in [0.4, 0.5) is 0 Å². The predicted molar refractivity (Wildman–Crippen MR) is 76.3 cm³/mol. The van der Waals surface area contributed by atoms with Crippen LogP contribution in [0.25, 0.3) is 5.76 Å². The fourth-order valence-electron chi connectivity index (χ4n) is 2.29. The zero-order valence-electron chi connectivity index (χ0n) is 11.0. The van der Waals surface area contributed by atoms with Crippen LogP contribution in [-0.4, -0.2) is 16.9 Å². The minimum atomic E-state index is -0.943. The Balaban J connectivity index is 2.13. The van der Waals surface area contributed by atoms with E-state index in [0.29, 0.717) is 11.1 Å². The van der Waals surface area contributed by atoms with Gasteiger partial charge in [0.1, 0.15) is 5.76 Å². The molecule has 2 aromatic carbocycles. The molecule has 0 amide bonds. The van der Waals surface area contributed by atoms with E-state index in [2.05, 4.69) is 0 Å². The number of aliphatic hydroxyl groups is 1. The molecule has 4 heteroatoms. The summed E-state index contributed by atoms with van der Waals surface area (Å²) in [4.78, 5) is 23.6. The second-order valence-corrected chi connectivity index (χ2v) is 4.65. The van der Waals surface area contributed by atoms with E-state index in [-0.39, 0.29) is 11.3 Å². The summed E-state index contributed by atoms with van der Waals surface area (Å²) in [6, 6.07) is 17.5. The number of hydrogen-bond acceptors (Lipinski definition) is 4. The molecule has 1 fully saturated rings. The molecule has 0 radical (unpaired) electrons. The third kappa shape index (κ3) is 2.31. The standard InChI is InChI=1S/C17H12O4/c18-14(11-7-3-1-4-8-11)13-15(19)17(20)21-16(13)12-9-5-2-6-10-12/h1-10,16,18H/t16-/m0/s1. The summed E-state index contributed by atoms with van der Waals surface area (Å²) in [5.74, 6) is -1.97. The molecule has 2 aromatic rings. The third-order valence-corrected chi connectivity index (χ3v) is 3.32. The molecule has 3 rings (SSSR count). The van der Waals surface area contributed by atoms with E-state index in [9.17, 15) is 14.7 Å². The number of Topliss-reactive ketones (excluding diaryl/α,β-unsaturated/α-hetero) is 1. The number of cyclic esters (lactones) is 1. The number of carbonyl (C=O) groups excluding carboxylic acids is 2. The van der Waals surface area contributed by atoms with Crippen LogP contribution in [0.3, 0.4) is 0 Å². The molecule has 0 unspecified atom stereocenters. The fraction of sp³-hybridized carbons (Fsp3) is 0.0588. The highest BCUT2D eigenvalue weighted by atomic mass is 16.6. The Labute approximate surface area is 121 Å². The van der Waals surface area contributed by atoms with Gasteiger partial charge < -0.3 is 9.84 Å². The second kappa shape index (κ2) is 5.25. The monoisotopic (exact) mass is 280 g/mol. The first-order chi connectivity index (χ1) is 10.2. The topological polar surface area (TPSA) is 63.6 Å². The highest BCUT2D eigenvalue weighted by Crippen LogP contribution is 2.36. The number of rotatable bonds is 2. The molecule has 1 heterocycles. The van der Waals surface area contributed by atoms with E-state index in [1.54, 1.807) is 54.6 Å². The van der Waals surface area contributed by atoms with Crippen molar-refractivity contribution in [2.45, 2.75) is 6.10 Å². The van der Waals surface area contributed by atoms with Crippen molar-refractivity contribution in [3.63, 3.8) is 0 Å². The largest absolute Gasteiger partial charge is 0.507 e. The Kier molecular flexibility index (Phi) is 3.28. The molecule has 1 aliphatic rings. The summed E-state index contributed by atoms with van der Waals surface area (Å²) >= 11 is 0. The van der Waals surface area contributed by atoms with Crippen LogP contribution in [0.5, 0.6) is 0 Å². The SMILES string of the molecule is O=C1O[C@@H](c2ccccc2)C(=C(O)c2ccccc2)C1=O. The van der Waals surface area contributed by atoms with Crippen molar-refractivity contribution in [2.75, 3.05) is 0 Å². The lowest BCUT2D eigenvalue weighted by Crippen LogP contribution is -2.08. The second-order valence-electron chi connectivity index (χ2n) is 4.65. The summed E-state index contributed by atoms with van der Waals surface area (Å²) in [5, 5.41) is 10.4. The Hall–Kier alpha value is -2.88. The quantitative estimate of drug-likeness (QED) is 0.397. The van der Waals surface area contributed by atoms with Crippen LogP contribution in [0.1, 0.15) is 17.2 Å². The lowest BCUT2D eigenvalue weighted by atomic mass is 9.97. The third-order valence-electron chi connectivity index (χ3n) is 3.32. The molecular weight excluding hydrogens is 268 g/mol. The highest BCUT2D eigenvalue weighted by molar-refractivity contribution is 6.44. The van der Waals surface area contributed by atoms with E-state index < -0.39 is 17.9 Å².